The van der Waals surface area contributed by atoms with Gasteiger partial charge in [0.25, 0.3) is 0 Å². The van der Waals surface area contributed by atoms with Crippen LogP contribution in [0.25, 0.3) is 11.5 Å². The van der Waals surface area contributed by atoms with Crippen LogP contribution < -0.4 is 4.74 Å². The topological polar surface area (TPSA) is 85.5 Å². The predicted octanol–water partition coefficient (Wildman–Crippen LogP) is 3.45. The molecular formula is C20H20FN3O4S. The van der Waals surface area contributed by atoms with Gasteiger partial charge in [-0.15, -0.1) is 10.2 Å². The molecule has 1 unspecified atom stereocenters. The third-order valence-electron chi connectivity index (χ3n) is 4.94. The lowest BCUT2D eigenvalue weighted by Gasteiger charge is -2.30. The van der Waals surface area contributed by atoms with Crippen molar-refractivity contribution in [3.05, 3.63) is 60.2 Å². The van der Waals surface area contributed by atoms with E-state index in [1.165, 1.54) is 29.6 Å². The van der Waals surface area contributed by atoms with Gasteiger partial charge in [-0.1, -0.05) is 6.07 Å². The fourth-order valence-corrected chi connectivity index (χ4v) is 4.94. The zero-order chi connectivity index (χ0) is 20.4. The van der Waals surface area contributed by atoms with E-state index in [0.717, 1.165) is 6.42 Å². The highest BCUT2D eigenvalue weighted by Gasteiger charge is 2.33. The molecule has 1 aliphatic rings. The summed E-state index contributed by atoms with van der Waals surface area (Å²) in [5.41, 5.74) is 0.613. The molecule has 7 nitrogen and oxygen atoms in total. The van der Waals surface area contributed by atoms with E-state index in [9.17, 15) is 12.8 Å². The molecule has 1 fully saturated rings. The molecule has 9 heteroatoms. The molecule has 152 valence electrons. The minimum Gasteiger partial charge on any atom is -0.497 e. The Bertz CT molecular complexity index is 1100. The number of ether oxygens (including phenoxy) is 1. The Kier molecular flexibility index (Phi) is 5.33. The predicted molar refractivity (Wildman–Crippen MR) is 103 cm³/mol. The van der Waals surface area contributed by atoms with Crippen molar-refractivity contribution in [3.8, 4) is 17.2 Å². The molecule has 4 rings (SSSR count). The van der Waals surface area contributed by atoms with Gasteiger partial charge in [0.2, 0.25) is 21.8 Å². The van der Waals surface area contributed by atoms with Crippen LogP contribution in [0, 0.1) is 5.82 Å². The van der Waals surface area contributed by atoms with Crippen molar-refractivity contribution in [2.75, 3.05) is 20.2 Å². The molecule has 0 N–H and O–H groups in total. The van der Waals surface area contributed by atoms with Crippen molar-refractivity contribution in [2.45, 2.75) is 23.7 Å². The highest BCUT2D eigenvalue weighted by Crippen LogP contribution is 2.31. The molecule has 0 spiro atoms. The van der Waals surface area contributed by atoms with Gasteiger partial charge in [0.05, 0.1) is 17.9 Å². The number of aromatic nitrogens is 2. The van der Waals surface area contributed by atoms with Crippen molar-refractivity contribution in [2.24, 2.45) is 0 Å². The standard InChI is InChI=1S/C20H20FN3O4S/c1-27-17-5-2-6-18(12-17)29(25,26)24-11-3-4-15(13-24)20-23-22-19(28-20)14-7-9-16(21)10-8-14/h2,5-10,12,15H,3-4,11,13H2,1H3. The Hall–Kier alpha value is -2.78. The number of sulfonamides is 1. The normalized spacial score (nSPS) is 17.9. The molecule has 0 aliphatic carbocycles. The molecule has 2 aromatic carbocycles. The average Bonchev–Trinajstić information content (AvgIpc) is 3.25. The Labute approximate surface area is 168 Å². The lowest BCUT2D eigenvalue weighted by Crippen LogP contribution is -2.39. The minimum absolute atomic E-state index is 0.190. The second-order valence-corrected chi connectivity index (χ2v) is 8.77. The third-order valence-corrected chi connectivity index (χ3v) is 6.81. The first-order valence-electron chi connectivity index (χ1n) is 9.21. The van der Waals surface area contributed by atoms with Gasteiger partial charge >= 0.3 is 0 Å². The first-order valence-corrected chi connectivity index (χ1v) is 10.6. The number of methoxy groups -OCH3 is 1. The molecule has 2 heterocycles. The first kappa shape index (κ1) is 19.5. The number of nitrogens with zero attached hydrogens (tertiary/aromatic N) is 3. The van der Waals surface area contributed by atoms with Crippen LogP contribution in [0.5, 0.6) is 5.75 Å². The van der Waals surface area contributed by atoms with E-state index < -0.39 is 10.0 Å². The van der Waals surface area contributed by atoms with E-state index in [4.69, 9.17) is 9.15 Å². The van der Waals surface area contributed by atoms with E-state index in [-0.39, 0.29) is 29.1 Å². The summed E-state index contributed by atoms with van der Waals surface area (Å²) in [7, 11) is -2.17. The maximum Gasteiger partial charge on any atom is 0.247 e. The molecule has 1 saturated heterocycles. The van der Waals surface area contributed by atoms with Crippen LogP contribution in [0.15, 0.2) is 57.8 Å². The Balaban J connectivity index is 1.55. The van der Waals surface area contributed by atoms with Crippen LogP contribution in [0.2, 0.25) is 0 Å². The van der Waals surface area contributed by atoms with Crippen LogP contribution in [0.3, 0.4) is 0 Å². The molecule has 1 aromatic heterocycles. The lowest BCUT2D eigenvalue weighted by molar-refractivity contribution is 0.286. The van der Waals surface area contributed by atoms with Crippen molar-refractivity contribution >= 4 is 10.0 Å². The molecule has 0 bridgehead atoms. The van der Waals surface area contributed by atoms with Crippen LogP contribution in [0.1, 0.15) is 24.7 Å². The van der Waals surface area contributed by atoms with Crippen LogP contribution in [-0.4, -0.2) is 43.1 Å². The van der Waals surface area contributed by atoms with Gasteiger partial charge in [0, 0.05) is 24.7 Å². The maximum atomic E-state index is 13.1. The minimum atomic E-state index is -3.66. The van der Waals surface area contributed by atoms with Crippen LogP contribution in [-0.2, 0) is 10.0 Å². The number of rotatable bonds is 5. The summed E-state index contributed by atoms with van der Waals surface area (Å²) in [4.78, 5) is 0.190. The summed E-state index contributed by atoms with van der Waals surface area (Å²) in [5.74, 6) is 0.605. The zero-order valence-electron chi connectivity index (χ0n) is 15.8. The summed E-state index contributed by atoms with van der Waals surface area (Å²) in [5, 5.41) is 8.14. The van der Waals surface area contributed by atoms with E-state index >= 15 is 0 Å². The molecule has 0 radical (unpaired) electrons. The molecular weight excluding hydrogens is 397 g/mol. The first-order chi connectivity index (χ1) is 14.0. The molecule has 1 aliphatic heterocycles. The number of piperidine rings is 1. The highest BCUT2D eigenvalue weighted by atomic mass is 32.2. The second-order valence-electron chi connectivity index (χ2n) is 6.83. The van der Waals surface area contributed by atoms with Crippen molar-refractivity contribution in [3.63, 3.8) is 0 Å². The molecule has 3 aromatic rings. The van der Waals surface area contributed by atoms with Gasteiger partial charge in [-0.05, 0) is 49.2 Å². The molecule has 29 heavy (non-hydrogen) atoms. The summed E-state index contributed by atoms with van der Waals surface area (Å²) in [6.07, 6.45) is 1.43. The monoisotopic (exact) mass is 417 g/mol. The SMILES string of the molecule is COc1cccc(S(=O)(=O)N2CCCC(c3nnc(-c4ccc(F)cc4)o3)C2)c1. The molecule has 0 saturated carbocycles. The van der Waals surface area contributed by atoms with E-state index in [0.29, 0.717) is 30.2 Å². The Morgan fingerprint density at radius 1 is 1.17 bits per heavy atom. The van der Waals surface area contributed by atoms with Crippen LogP contribution >= 0.6 is 0 Å². The fourth-order valence-electron chi connectivity index (χ4n) is 3.38. The quantitative estimate of drug-likeness (QED) is 0.632. The van der Waals surface area contributed by atoms with Gasteiger partial charge in [0.15, 0.2) is 0 Å². The number of benzene rings is 2. The maximum absolute atomic E-state index is 13.1. The fraction of sp³-hybridized carbons (Fsp3) is 0.300. The molecule has 1 atom stereocenters. The summed E-state index contributed by atoms with van der Waals surface area (Å²) in [6.45, 7) is 0.680. The van der Waals surface area contributed by atoms with Crippen molar-refractivity contribution in [1.29, 1.82) is 0 Å². The number of hydrogen-bond acceptors (Lipinski definition) is 6. The largest absolute Gasteiger partial charge is 0.497 e. The van der Waals surface area contributed by atoms with E-state index in [1.807, 2.05) is 0 Å². The smallest absolute Gasteiger partial charge is 0.247 e. The number of halogens is 1. The van der Waals surface area contributed by atoms with Gasteiger partial charge in [-0.25, -0.2) is 12.8 Å². The van der Waals surface area contributed by atoms with E-state index in [1.54, 1.807) is 30.3 Å². The summed E-state index contributed by atoms with van der Waals surface area (Å²) in [6, 6.07) is 12.2. The second kappa shape index (κ2) is 7.92. The zero-order valence-corrected chi connectivity index (χ0v) is 16.6. The Morgan fingerprint density at radius 2 is 1.97 bits per heavy atom. The lowest BCUT2D eigenvalue weighted by atomic mass is 10.00. The molecule has 0 amide bonds. The van der Waals surface area contributed by atoms with Gasteiger partial charge in [-0.3, -0.25) is 0 Å². The summed E-state index contributed by atoms with van der Waals surface area (Å²) < 4.78 is 51.6. The van der Waals surface area contributed by atoms with Crippen molar-refractivity contribution < 1.29 is 22.0 Å². The van der Waals surface area contributed by atoms with Crippen LogP contribution in [0.4, 0.5) is 4.39 Å². The Morgan fingerprint density at radius 3 is 2.72 bits per heavy atom. The van der Waals surface area contributed by atoms with Gasteiger partial charge in [0.1, 0.15) is 11.6 Å². The summed E-state index contributed by atoms with van der Waals surface area (Å²) >= 11 is 0. The van der Waals surface area contributed by atoms with E-state index in [2.05, 4.69) is 10.2 Å². The number of hydrogen-bond donors (Lipinski definition) is 0. The van der Waals surface area contributed by atoms with Gasteiger partial charge in [-0.2, -0.15) is 4.31 Å². The average molecular weight is 417 g/mol. The highest BCUT2D eigenvalue weighted by molar-refractivity contribution is 7.89. The van der Waals surface area contributed by atoms with Gasteiger partial charge < -0.3 is 9.15 Å². The van der Waals surface area contributed by atoms with Crippen molar-refractivity contribution in [1.82, 2.24) is 14.5 Å². The third kappa shape index (κ3) is 4.01.